The first-order valence-corrected chi connectivity index (χ1v) is 3.91. The van der Waals surface area contributed by atoms with Crippen molar-refractivity contribution in [2.24, 2.45) is 0 Å². The van der Waals surface area contributed by atoms with E-state index in [1.807, 2.05) is 5.32 Å². The number of hydrogen-bond acceptors (Lipinski definition) is 4. The second kappa shape index (κ2) is 6.03. The Morgan fingerprint density at radius 2 is 2.18 bits per heavy atom. The van der Waals surface area contributed by atoms with E-state index < -0.39 is 6.09 Å². The van der Waals surface area contributed by atoms with Crippen molar-refractivity contribution in [3.05, 3.63) is 0 Å². The van der Waals surface area contributed by atoms with E-state index in [0.717, 1.165) is 0 Å². The number of imide groups is 1. The molecule has 0 radical (unpaired) electrons. The number of nitrogens with one attached hydrogen (secondary N) is 1. The summed E-state index contributed by atoms with van der Waals surface area (Å²) in [7, 11) is 0. The van der Waals surface area contributed by atoms with Crippen LogP contribution < -0.4 is 5.32 Å². The summed E-state index contributed by atoms with van der Waals surface area (Å²) >= 11 is 3.82. The molecule has 5 heteroatoms. The van der Waals surface area contributed by atoms with Gasteiger partial charge in [0.25, 0.3) is 0 Å². The van der Waals surface area contributed by atoms with Gasteiger partial charge in [-0.25, -0.2) is 4.79 Å². The molecule has 0 spiro atoms. The van der Waals surface area contributed by atoms with Crippen molar-refractivity contribution in [1.29, 1.82) is 0 Å². The van der Waals surface area contributed by atoms with Gasteiger partial charge >= 0.3 is 6.09 Å². The Labute approximate surface area is 70.7 Å². The predicted molar refractivity (Wildman–Crippen MR) is 43.6 cm³/mol. The maximum atomic E-state index is 10.7. The lowest BCUT2D eigenvalue weighted by molar-refractivity contribution is -0.120. The topological polar surface area (TPSA) is 55.4 Å². The number of hydrogen-bond donors (Lipinski definition) is 2. The van der Waals surface area contributed by atoms with Crippen molar-refractivity contribution in [3.63, 3.8) is 0 Å². The minimum atomic E-state index is -0.695. The molecule has 1 N–H and O–H groups in total. The van der Waals surface area contributed by atoms with E-state index in [-0.39, 0.29) is 18.9 Å². The third kappa shape index (κ3) is 5.72. The molecule has 0 bridgehead atoms. The Morgan fingerprint density at radius 3 is 2.64 bits per heavy atom. The number of amides is 2. The molecule has 0 aromatic rings. The second-order valence-electron chi connectivity index (χ2n) is 1.74. The van der Waals surface area contributed by atoms with Gasteiger partial charge in [-0.15, -0.1) is 0 Å². The molecule has 0 saturated carbocycles. The van der Waals surface area contributed by atoms with Crippen LogP contribution in [0, 0.1) is 0 Å². The Balaban J connectivity index is 3.49. The smallest absolute Gasteiger partial charge is 0.413 e. The van der Waals surface area contributed by atoms with Crippen LogP contribution in [-0.2, 0) is 9.53 Å². The number of carbonyl (C=O) groups excluding carboxylic acids is 2. The van der Waals surface area contributed by atoms with Crippen LogP contribution in [0.15, 0.2) is 0 Å². The van der Waals surface area contributed by atoms with E-state index in [4.69, 9.17) is 0 Å². The molecule has 0 aliphatic heterocycles. The third-order valence-corrected chi connectivity index (χ3v) is 1.08. The minimum absolute atomic E-state index is 0.224. The minimum Gasteiger partial charge on any atom is -0.450 e. The van der Waals surface area contributed by atoms with Crippen molar-refractivity contribution in [3.8, 4) is 0 Å². The lowest BCUT2D eigenvalue weighted by atomic mass is 10.5. The van der Waals surface area contributed by atoms with Crippen molar-refractivity contribution >= 4 is 24.6 Å². The summed E-state index contributed by atoms with van der Waals surface area (Å²) in [6.45, 7) is 1.93. The van der Waals surface area contributed by atoms with Gasteiger partial charge in [-0.3, -0.25) is 10.1 Å². The summed E-state index contributed by atoms with van der Waals surface area (Å²) in [6.07, 6.45) is -0.471. The molecule has 0 aromatic carbocycles. The number of carbonyl (C=O) groups is 2. The molecule has 0 heterocycles. The maximum absolute atomic E-state index is 10.7. The Bertz CT molecular complexity index is 133. The van der Waals surface area contributed by atoms with Crippen molar-refractivity contribution in [2.45, 2.75) is 13.3 Å². The summed E-state index contributed by atoms with van der Waals surface area (Å²) in [4.78, 5) is 21.2. The lowest BCUT2D eigenvalue weighted by Gasteiger charge is -2.01. The van der Waals surface area contributed by atoms with Crippen LogP contribution in [0.5, 0.6) is 0 Å². The van der Waals surface area contributed by atoms with E-state index in [2.05, 4.69) is 17.4 Å². The Morgan fingerprint density at radius 1 is 1.55 bits per heavy atom. The predicted octanol–water partition coefficient (Wildman–Crippen LogP) is 0.579. The average Bonchev–Trinajstić information content (AvgIpc) is 1.87. The maximum Gasteiger partial charge on any atom is 0.413 e. The molecule has 11 heavy (non-hydrogen) atoms. The summed E-state index contributed by atoms with van der Waals surface area (Å²) in [5, 5.41) is 2.03. The van der Waals surface area contributed by atoms with Crippen LogP contribution in [0.3, 0.4) is 0 Å². The fraction of sp³-hybridized carbons (Fsp3) is 0.667. The molecule has 0 aliphatic rings. The second-order valence-corrected chi connectivity index (χ2v) is 2.19. The highest BCUT2D eigenvalue weighted by molar-refractivity contribution is 7.80. The standard InChI is InChI=1S/C6H11NO3S/c1-2-10-6(9)7-5(8)3-4-11/h11H,2-4H2,1H3,(H,7,8,9). The molecule has 0 atom stereocenters. The van der Waals surface area contributed by atoms with Crippen LogP contribution in [-0.4, -0.2) is 24.4 Å². The van der Waals surface area contributed by atoms with Gasteiger partial charge < -0.3 is 4.74 Å². The van der Waals surface area contributed by atoms with E-state index in [1.54, 1.807) is 6.92 Å². The van der Waals surface area contributed by atoms with E-state index in [9.17, 15) is 9.59 Å². The van der Waals surface area contributed by atoms with Crippen molar-refractivity contribution in [1.82, 2.24) is 5.32 Å². The van der Waals surface area contributed by atoms with Crippen LogP contribution in [0.25, 0.3) is 0 Å². The molecular weight excluding hydrogens is 166 g/mol. The molecule has 0 rings (SSSR count). The summed E-state index contributed by atoms with van der Waals surface area (Å²) in [6, 6.07) is 0. The zero-order valence-electron chi connectivity index (χ0n) is 6.29. The van der Waals surface area contributed by atoms with Gasteiger partial charge in [0.1, 0.15) is 0 Å². The van der Waals surface area contributed by atoms with E-state index >= 15 is 0 Å². The molecular formula is C6H11NO3S. The van der Waals surface area contributed by atoms with Crippen molar-refractivity contribution < 1.29 is 14.3 Å². The zero-order valence-corrected chi connectivity index (χ0v) is 7.19. The molecule has 0 aliphatic carbocycles. The molecule has 64 valence electrons. The van der Waals surface area contributed by atoms with Crippen molar-refractivity contribution in [2.75, 3.05) is 12.4 Å². The number of ether oxygens (including phenoxy) is 1. The largest absolute Gasteiger partial charge is 0.450 e. The van der Waals surface area contributed by atoms with Gasteiger partial charge in [-0.2, -0.15) is 12.6 Å². The highest BCUT2D eigenvalue weighted by atomic mass is 32.1. The third-order valence-electron chi connectivity index (χ3n) is 0.856. The first-order valence-electron chi connectivity index (χ1n) is 3.28. The highest BCUT2D eigenvalue weighted by Gasteiger charge is 2.05. The van der Waals surface area contributed by atoms with Gasteiger partial charge in [0.15, 0.2) is 0 Å². The first kappa shape index (κ1) is 10.3. The molecule has 0 unspecified atom stereocenters. The zero-order chi connectivity index (χ0) is 8.69. The average molecular weight is 177 g/mol. The summed E-state index contributed by atoms with van der Waals surface area (Å²) in [5.41, 5.74) is 0. The van der Waals surface area contributed by atoms with E-state index in [1.165, 1.54) is 0 Å². The Kier molecular flexibility index (Phi) is 5.64. The molecule has 0 fully saturated rings. The highest BCUT2D eigenvalue weighted by Crippen LogP contribution is 1.84. The number of rotatable bonds is 3. The normalized spacial score (nSPS) is 8.91. The fourth-order valence-corrected chi connectivity index (χ4v) is 0.648. The number of alkyl carbamates (subject to hydrolysis) is 1. The number of thiol groups is 1. The molecule has 4 nitrogen and oxygen atoms in total. The van der Waals surface area contributed by atoms with Gasteiger partial charge in [0.2, 0.25) is 5.91 Å². The molecule has 0 aromatic heterocycles. The Hall–Kier alpha value is -0.710. The SMILES string of the molecule is CCOC(=O)NC(=O)CCS. The van der Waals surface area contributed by atoms with Crippen LogP contribution in [0.1, 0.15) is 13.3 Å². The molecule has 2 amide bonds. The van der Waals surface area contributed by atoms with Crippen LogP contribution in [0.2, 0.25) is 0 Å². The summed E-state index contributed by atoms with van der Waals surface area (Å²) < 4.78 is 4.46. The lowest BCUT2D eigenvalue weighted by Crippen LogP contribution is -2.30. The van der Waals surface area contributed by atoms with Crippen LogP contribution >= 0.6 is 12.6 Å². The molecule has 0 saturated heterocycles. The first-order chi connectivity index (χ1) is 5.20. The van der Waals surface area contributed by atoms with Gasteiger partial charge in [-0.1, -0.05) is 0 Å². The van der Waals surface area contributed by atoms with Gasteiger partial charge in [0, 0.05) is 6.42 Å². The fourth-order valence-electron chi connectivity index (χ4n) is 0.445. The summed E-state index contributed by atoms with van der Waals surface area (Å²) in [5.74, 6) is 0.0593. The van der Waals surface area contributed by atoms with Gasteiger partial charge in [-0.05, 0) is 12.7 Å². The van der Waals surface area contributed by atoms with Gasteiger partial charge in [0.05, 0.1) is 6.61 Å². The monoisotopic (exact) mass is 177 g/mol. The van der Waals surface area contributed by atoms with E-state index in [0.29, 0.717) is 5.75 Å². The van der Waals surface area contributed by atoms with Crippen LogP contribution in [0.4, 0.5) is 4.79 Å². The quantitative estimate of drug-likeness (QED) is 0.620.